The van der Waals surface area contributed by atoms with Gasteiger partial charge in [0.05, 0.1) is 6.54 Å². The highest BCUT2D eigenvalue weighted by molar-refractivity contribution is 5.85. The molecule has 20 heavy (non-hydrogen) atoms. The Balaban J connectivity index is 1.84. The molecule has 0 saturated carbocycles. The summed E-state index contributed by atoms with van der Waals surface area (Å²) in [6, 6.07) is 8.39. The number of aryl methyl sites for hydroxylation is 2. The summed E-state index contributed by atoms with van der Waals surface area (Å²) in [5.74, 6) is 0.0999. The summed E-state index contributed by atoms with van der Waals surface area (Å²) < 4.78 is 0. The number of carbonyl (C=O) groups excluding carboxylic acids is 2. The molecule has 4 nitrogen and oxygen atoms in total. The molecule has 1 aromatic rings. The van der Waals surface area contributed by atoms with Crippen molar-refractivity contribution in [2.75, 3.05) is 26.7 Å². The normalized spacial score (nSPS) is 15.6. The summed E-state index contributed by atoms with van der Waals surface area (Å²) in [6.45, 7) is 3.64. The van der Waals surface area contributed by atoms with Crippen LogP contribution in [0, 0.1) is 0 Å². The van der Waals surface area contributed by atoms with Crippen LogP contribution < -0.4 is 0 Å². The molecule has 1 aromatic carbocycles. The zero-order chi connectivity index (χ0) is 14.5. The molecule has 0 radical (unpaired) electrons. The van der Waals surface area contributed by atoms with Crippen LogP contribution in [0.2, 0.25) is 0 Å². The Kier molecular flexibility index (Phi) is 4.77. The molecule has 0 unspecified atom stereocenters. The van der Waals surface area contributed by atoms with Crippen LogP contribution >= 0.6 is 0 Å². The third kappa shape index (κ3) is 3.59. The van der Waals surface area contributed by atoms with Crippen molar-refractivity contribution in [3.05, 3.63) is 35.4 Å². The second kappa shape index (κ2) is 6.55. The largest absolute Gasteiger partial charge is 0.342 e. The third-order valence-electron chi connectivity index (χ3n) is 3.87. The van der Waals surface area contributed by atoms with E-state index < -0.39 is 0 Å². The molecule has 0 aliphatic carbocycles. The second-order valence-corrected chi connectivity index (χ2v) is 5.30. The number of rotatable bonds is 4. The summed E-state index contributed by atoms with van der Waals surface area (Å²) in [4.78, 5) is 27.0. The summed E-state index contributed by atoms with van der Waals surface area (Å²) >= 11 is 0. The molecular formula is C16H22N2O2. The molecule has 1 heterocycles. The molecular weight excluding hydrogens is 252 g/mol. The summed E-state index contributed by atoms with van der Waals surface area (Å²) in [7, 11) is 1.78. The van der Waals surface area contributed by atoms with E-state index in [0.717, 1.165) is 12.8 Å². The predicted octanol–water partition coefficient (Wildman–Crippen LogP) is 1.48. The van der Waals surface area contributed by atoms with Gasteiger partial charge in [0.1, 0.15) is 0 Å². The molecule has 0 spiro atoms. The highest BCUT2D eigenvalue weighted by Crippen LogP contribution is 2.10. The Hall–Kier alpha value is -1.84. The van der Waals surface area contributed by atoms with Gasteiger partial charge in [0.15, 0.2) is 0 Å². The Morgan fingerprint density at radius 3 is 2.40 bits per heavy atom. The van der Waals surface area contributed by atoms with Gasteiger partial charge < -0.3 is 9.80 Å². The van der Waals surface area contributed by atoms with E-state index in [1.54, 1.807) is 16.8 Å². The molecule has 2 amide bonds. The fourth-order valence-electron chi connectivity index (χ4n) is 2.32. The lowest BCUT2D eigenvalue weighted by molar-refractivity contribution is -0.144. The van der Waals surface area contributed by atoms with Crippen molar-refractivity contribution < 1.29 is 9.59 Å². The standard InChI is InChI=1S/C16H22N2O2/c1-3-13-4-6-14(7-5-13)8-9-15(19)18-11-10-17(2)16(20)12-18/h4-7H,3,8-12H2,1-2H3. The minimum Gasteiger partial charge on any atom is -0.342 e. The van der Waals surface area contributed by atoms with E-state index in [0.29, 0.717) is 19.5 Å². The summed E-state index contributed by atoms with van der Waals surface area (Å²) in [5.41, 5.74) is 2.49. The van der Waals surface area contributed by atoms with Gasteiger partial charge in [0, 0.05) is 26.6 Å². The van der Waals surface area contributed by atoms with E-state index in [1.807, 2.05) is 0 Å². The van der Waals surface area contributed by atoms with Gasteiger partial charge in [0.25, 0.3) is 0 Å². The lowest BCUT2D eigenvalue weighted by Crippen LogP contribution is -2.50. The Morgan fingerprint density at radius 1 is 1.15 bits per heavy atom. The van der Waals surface area contributed by atoms with E-state index in [9.17, 15) is 9.59 Å². The fraction of sp³-hybridized carbons (Fsp3) is 0.500. The molecule has 0 atom stereocenters. The van der Waals surface area contributed by atoms with Gasteiger partial charge in [-0.2, -0.15) is 0 Å². The van der Waals surface area contributed by atoms with Crippen LogP contribution in [0.1, 0.15) is 24.5 Å². The number of hydrogen-bond donors (Lipinski definition) is 0. The van der Waals surface area contributed by atoms with Crippen molar-refractivity contribution in [2.45, 2.75) is 26.2 Å². The van der Waals surface area contributed by atoms with Gasteiger partial charge in [0.2, 0.25) is 11.8 Å². The Bertz CT molecular complexity index is 482. The quantitative estimate of drug-likeness (QED) is 0.834. The van der Waals surface area contributed by atoms with E-state index >= 15 is 0 Å². The van der Waals surface area contributed by atoms with Crippen LogP contribution in [-0.4, -0.2) is 48.3 Å². The molecule has 108 valence electrons. The fourth-order valence-corrected chi connectivity index (χ4v) is 2.32. The molecule has 0 bridgehead atoms. The molecule has 0 N–H and O–H groups in total. The van der Waals surface area contributed by atoms with Crippen LogP contribution in [0.25, 0.3) is 0 Å². The molecule has 0 aromatic heterocycles. The Morgan fingerprint density at radius 2 is 1.80 bits per heavy atom. The van der Waals surface area contributed by atoms with Gasteiger partial charge in [-0.05, 0) is 24.0 Å². The number of hydrogen-bond acceptors (Lipinski definition) is 2. The second-order valence-electron chi connectivity index (χ2n) is 5.30. The lowest BCUT2D eigenvalue weighted by Gasteiger charge is -2.32. The lowest BCUT2D eigenvalue weighted by atomic mass is 10.1. The highest BCUT2D eigenvalue weighted by atomic mass is 16.2. The smallest absolute Gasteiger partial charge is 0.241 e. The maximum Gasteiger partial charge on any atom is 0.241 e. The van der Waals surface area contributed by atoms with Gasteiger partial charge in [-0.3, -0.25) is 9.59 Å². The number of benzene rings is 1. The third-order valence-corrected chi connectivity index (χ3v) is 3.87. The molecule has 2 rings (SSSR count). The summed E-state index contributed by atoms with van der Waals surface area (Å²) in [5, 5.41) is 0. The molecule has 1 fully saturated rings. The van der Waals surface area contributed by atoms with Crippen molar-refractivity contribution in [3.63, 3.8) is 0 Å². The number of nitrogens with zero attached hydrogens (tertiary/aromatic N) is 2. The first-order chi connectivity index (χ1) is 9.60. The van der Waals surface area contributed by atoms with Crippen LogP contribution in [0.3, 0.4) is 0 Å². The average Bonchev–Trinajstić information content (AvgIpc) is 2.48. The number of likely N-dealkylation sites (N-methyl/N-ethyl adjacent to an activating group) is 1. The van der Waals surface area contributed by atoms with Crippen molar-refractivity contribution in [1.29, 1.82) is 0 Å². The molecule has 4 heteroatoms. The van der Waals surface area contributed by atoms with Crippen molar-refractivity contribution in [3.8, 4) is 0 Å². The minimum atomic E-state index is 0.0249. The van der Waals surface area contributed by atoms with Gasteiger partial charge >= 0.3 is 0 Å². The van der Waals surface area contributed by atoms with Crippen molar-refractivity contribution in [1.82, 2.24) is 9.80 Å². The average molecular weight is 274 g/mol. The predicted molar refractivity (Wildman–Crippen MR) is 78.4 cm³/mol. The van der Waals surface area contributed by atoms with Crippen molar-refractivity contribution in [2.24, 2.45) is 0 Å². The van der Waals surface area contributed by atoms with Gasteiger partial charge in [-0.15, -0.1) is 0 Å². The monoisotopic (exact) mass is 274 g/mol. The number of piperazine rings is 1. The van der Waals surface area contributed by atoms with E-state index in [4.69, 9.17) is 0 Å². The minimum absolute atomic E-state index is 0.0249. The zero-order valence-electron chi connectivity index (χ0n) is 12.3. The molecule has 1 saturated heterocycles. The van der Waals surface area contributed by atoms with Crippen LogP contribution in [0.5, 0.6) is 0 Å². The van der Waals surface area contributed by atoms with E-state index in [-0.39, 0.29) is 18.4 Å². The summed E-state index contributed by atoms with van der Waals surface area (Å²) in [6.07, 6.45) is 2.24. The SMILES string of the molecule is CCc1ccc(CCC(=O)N2CCN(C)C(=O)C2)cc1. The van der Waals surface area contributed by atoms with Crippen molar-refractivity contribution >= 4 is 11.8 Å². The maximum absolute atomic E-state index is 12.1. The van der Waals surface area contributed by atoms with Crippen LogP contribution in [-0.2, 0) is 22.4 Å². The first kappa shape index (κ1) is 14.6. The number of carbonyl (C=O) groups is 2. The highest BCUT2D eigenvalue weighted by Gasteiger charge is 2.24. The van der Waals surface area contributed by atoms with Gasteiger partial charge in [-0.1, -0.05) is 31.2 Å². The topological polar surface area (TPSA) is 40.6 Å². The number of amides is 2. The molecule has 1 aliphatic heterocycles. The van der Waals surface area contributed by atoms with E-state index in [2.05, 4.69) is 31.2 Å². The maximum atomic E-state index is 12.1. The first-order valence-corrected chi connectivity index (χ1v) is 7.19. The molecule has 1 aliphatic rings. The van der Waals surface area contributed by atoms with Gasteiger partial charge in [-0.25, -0.2) is 0 Å². The Labute approximate surface area is 120 Å². The van der Waals surface area contributed by atoms with E-state index in [1.165, 1.54) is 11.1 Å². The first-order valence-electron chi connectivity index (χ1n) is 7.19. The zero-order valence-corrected chi connectivity index (χ0v) is 12.3. The van der Waals surface area contributed by atoms with Crippen LogP contribution in [0.15, 0.2) is 24.3 Å². The van der Waals surface area contributed by atoms with Crippen LogP contribution in [0.4, 0.5) is 0 Å².